The molecule has 2 aromatic carbocycles. The lowest BCUT2D eigenvalue weighted by molar-refractivity contribution is 0.339. The number of hydrogen-bond acceptors (Lipinski definition) is 3. The van der Waals surface area contributed by atoms with Crippen molar-refractivity contribution in [3.8, 4) is 11.5 Å². The molecule has 0 radical (unpaired) electrons. The molecule has 0 spiro atoms. The minimum absolute atomic E-state index is 0.104. The predicted octanol–water partition coefficient (Wildman–Crippen LogP) is 11.4. The zero-order valence-electron chi connectivity index (χ0n) is 29.2. The molecular formula is C41H52ClNO2. The summed E-state index contributed by atoms with van der Waals surface area (Å²) in [7, 11) is 0. The maximum atomic E-state index is 7.21. The molecule has 0 unspecified atom stereocenters. The van der Waals surface area contributed by atoms with Crippen LogP contribution in [0.3, 0.4) is 0 Å². The van der Waals surface area contributed by atoms with Crippen LogP contribution in [0.25, 0.3) is 5.57 Å². The van der Waals surface area contributed by atoms with Crippen molar-refractivity contribution in [1.29, 1.82) is 0 Å². The molecule has 5 rings (SSSR count). The summed E-state index contributed by atoms with van der Waals surface area (Å²) in [5.74, 6) is 1.91. The molecule has 0 fully saturated rings. The van der Waals surface area contributed by atoms with E-state index in [1.54, 1.807) is 0 Å². The van der Waals surface area contributed by atoms with Gasteiger partial charge in [0.15, 0.2) is 0 Å². The third-order valence-electron chi connectivity index (χ3n) is 10.1. The molecule has 0 atom stereocenters. The number of likely N-dealkylation sites (N-methyl/N-ethyl adjacent to an activating group) is 1. The summed E-state index contributed by atoms with van der Waals surface area (Å²) in [6, 6.07) is 8.85. The molecule has 2 aromatic rings. The van der Waals surface area contributed by atoms with E-state index in [-0.39, 0.29) is 10.8 Å². The van der Waals surface area contributed by atoms with Crippen LogP contribution in [-0.4, -0.2) is 19.8 Å². The van der Waals surface area contributed by atoms with Crippen LogP contribution < -0.4 is 14.4 Å². The fraction of sp³-hybridized carbons (Fsp3) is 0.463. The van der Waals surface area contributed by atoms with Gasteiger partial charge in [0.25, 0.3) is 0 Å². The van der Waals surface area contributed by atoms with Crippen LogP contribution in [-0.2, 0) is 10.8 Å². The van der Waals surface area contributed by atoms with Crippen molar-refractivity contribution < 1.29 is 9.47 Å². The number of halogens is 1. The van der Waals surface area contributed by atoms with Crippen molar-refractivity contribution in [2.75, 3.05) is 24.7 Å². The number of aryl methyl sites for hydroxylation is 2. The molecule has 1 aliphatic heterocycles. The monoisotopic (exact) mass is 625 g/mol. The molecule has 4 heteroatoms. The number of benzene rings is 2. The van der Waals surface area contributed by atoms with Gasteiger partial charge in [-0.15, -0.1) is 0 Å². The Hall–Kier alpha value is -3.17. The third-order valence-corrected chi connectivity index (χ3v) is 10.6. The van der Waals surface area contributed by atoms with Crippen molar-refractivity contribution in [2.45, 2.75) is 106 Å². The molecule has 3 nitrogen and oxygen atoms in total. The molecule has 2 aliphatic carbocycles. The molecule has 0 saturated heterocycles. The highest BCUT2D eigenvalue weighted by Gasteiger charge is 2.41. The number of ether oxygens (including phenoxy) is 2. The van der Waals surface area contributed by atoms with Crippen LogP contribution in [0, 0.1) is 13.8 Å². The van der Waals surface area contributed by atoms with Gasteiger partial charge in [0.2, 0.25) is 0 Å². The molecule has 1 heterocycles. The summed E-state index contributed by atoms with van der Waals surface area (Å²) in [5, 5.41) is 0.905. The number of rotatable bonds is 9. The Bertz CT molecular complexity index is 1650. The minimum atomic E-state index is -0.139. The molecule has 240 valence electrons. The van der Waals surface area contributed by atoms with E-state index in [1.807, 2.05) is 13.8 Å². The van der Waals surface area contributed by atoms with Gasteiger partial charge >= 0.3 is 0 Å². The van der Waals surface area contributed by atoms with Crippen LogP contribution in [0.1, 0.15) is 109 Å². The fourth-order valence-corrected chi connectivity index (χ4v) is 8.17. The molecule has 0 amide bonds. The van der Waals surface area contributed by atoms with Crippen LogP contribution in [0.15, 0.2) is 76.0 Å². The predicted molar refractivity (Wildman–Crippen MR) is 193 cm³/mol. The van der Waals surface area contributed by atoms with E-state index in [9.17, 15) is 0 Å². The smallest absolute Gasteiger partial charge is 0.119 e. The van der Waals surface area contributed by atoms with Gasteiger partial charge in [-0.05, 0) is 141 Å². The first-order chi connectivity index (χ1) is 21.4. The first-order valence-corrected chi connectivity index (χ1v) is 17.3. The zero-order chi connectivity index (χ0) is 32.7. The minimum Gasteiger partial charge on any atom is -0.494 e. The second-order valence-electron chi connectivity index (χ2n) is 13.7. The van der Waals surface area contributed by atoms with E-state index in [1.165, 1.54) is 61.5 Å². The van der Waals surface area contributed by atoms with Crippen molar-refractivity contribution in [2.24, 2.45) is 0 Å². The normalized spacial score (nSPS) is 20.6. The number of fused-ring (bicyclic) bond motifs is 2. The van der Waals surface area contributed by atoms with E-state index in [0.29, 0.717) is 13.2 Å². The van der Waals surface area contributed by atoms with Crippen molar-refractivity contribution >= 4 is 22.9 Å². The molecule has 3 aliphatic rings. The first kappa shape index (κ1) is 33.2. The van der Waals surface area contributed by atoms with Gasteiger partial charge in [-0.2, -0.15) is 0 Å². The second kappa shape index (κ2) is 12.9. The van der Waals surface area contributed by atoms with Gasteiger partial charge in [0.1, 0.15) is 11.5 Å². The Morgan fingerprint density at radius 2 is 1.44 bits per heavy atom. The van der Waals surface area contributed by atoms with Gasteiger partial charge < -0.3 is 14.4 Å². The van der Waals surface area contributed by atoms with Gasteiger partial charge in [0, 0.05) is 33.8 Å². The molecule has 0 aromatic heterocycles. The Labute approximate surface area is 277 Å². The lowest BCUT2D eigenvalue weighted by atomic mass is 9.80. The van der Waals surface area contributed by atoms with Crippen molar-refractivity contribution in [3.63, 3.8) is 0 Å². The summed E-state index contributed by atoms with van der Waals surface area (Å²) in [6.07, 6.45) is 13.3. The summed E-state index contributed by atoms with van der Waals surface area (Å²) < 4.78 is 11.9. The van der Waals surface area contributed by atoms with Crippen molar-refractivity contribution in [1.82, 2.24) is 0 Å². The summed E-state index contributed by atoms with van der Waals surface area (Å²) in [6.45, 7) is 24.6. The average molecular weight is 626 g/mol. The van der Waals surface area contributed by atoms with Crippen LogP contribution >= 0.6 is 11.6 Å². The van der Waals surface area contributed by atoms with Crippen LogP contribution in [0.2, 0.25) is 0 Å². The molecule has 45 heavy (non-hydrogen) atoms. The Morgan fingerprint density at radius 3 is 2.07 bits per heavy atom. The number of anilines is 1. The van der Waals surface area contributed by atoms with Crippen LogP contribution in [0.5, 0.6) is 11.5 Å². The maximum Gasteiger partial charge on any atom is 0.119 e. The SMILES string of the molecule is CCOc1cc(C)c2c(c1)C(C)(C)C(/C=C/C1=C(Cl)C(=C/C=C3\N(CC)c4c(C)cc(OCC)cc4C3(C)C)CCC1)=C2CC. The summed E-state index contributed by atoms with van der Waals surface area (Å²) in [4.78, 5) is 2.47. The number of hydrogen-bond donors (Lipinski definition) is 0. The standard InChI is InChI=1S/C41H52ClNO2/c1-11-32-33(40(7,8)34-24-30(44-13-3)22-26(5)37(32)34)20-18-28-16-15-17-29(38(28)42)19-21-36-41(9,10)35-25-31(45-14-4)23-27(6)39(35)43(36)12-2/h18-25H,11-17H2,1-10H3/b20-18+,29-19?,36-21-. The van der Waals surface area contributed by atoms with Crippen LogP contribution in [0.4, 0.5) is 5.69 Å². The third kappa shape index (κ3) is 5.82. The molecule has 0 bridgehead atoms. The highest BCUT2D eigenvalue weighted by atomic mass is 35.5. The van der Waals surface area contributed by atoms with E-state index >= 15 is 0 Å². The average Bonchev–Trinajstić information content (AvgIpc) is 3.35. The van der Waals surface area contributed by atoms with Gasteiger partial charge in [-0.25, -0.2) is 0 Å². The van der Waals surface area contributed by atoms with E-state index in [0.717, 1.165) is 48.8 Å². The Morgan fingerprint density at radius 1 is 0.800 bits per heavy atom. The number of nitrogens with zero attached hydrogens (tertiary/aromatic N) is 1. The molecular weight excluding hydrogens is 574 g/mol. The Kier molecular flexibility index (Phi) is 9.53. The summed E-state index contributed by atoms with van der Waals surface area (Å²) >= 11 is 7.21. The quantitative estimate of drug-likeness (QED) is 0.277. The lowest BCUT2D eigenvalue weighted by Crippen LogP contribution is -2.26. The van der Waals surface area contributed by atoms with E-state index in [2.05, 4.69) is 109 Å². The Balaban J connectivity index is 1.49. The zero-order valence-corrected chi connectivity index (χ0v) is 30.0. The highest BCUT2D eigenvalue weighted by molar-refractivity contribution is 6.32. The van der Waals surface area contributed by atoms with E-state index < -0.39 is 0 Å². The first-order valence-electron chi connectivity index (χ1n) is 17.0. The topological polar surface area (TPSA) is 21.7 Å². The lowest BCUT2D eigenvalue weighted by Gasteiger charge is -2.26. The van der Waals surface area contributed by atoms with Gasteiger partial charge in [-0.3, -0.25) is 0 Å². The maximum absolute atomic E-state index is 7.21. The summed E-state index contributed by atoms with van der Waals surface area (Å²) in [5.41, 5.74) is 14.3. The second-order valence-corrected chi connectivity index (χ2v) is 14.1. The molecule has 0 N–H and O–H groups in total. The highest BCUT2D eigenvalue weighted by Crippen LogP contribution is 2.52. The molecule has 0 saturated carbocycles. The van der Waals surface area contributed by atoms with Crippen molar-refractivity contribution in [3.05, 3.63) is 104 Å². The fourth-order valence-electron chi connectivity index (χ4n) is 7.86. The van der Waals surface area contributed by atoms with Gasteiger partial charge in [0.05, 0.1) is 13.2 Å². The number of allylic oxidation sites excluding steroid dienone is 10. The van der Waals surface area contributed by atoms with E-state index in [4.69, 9.17) is 21.1 Å². The largest absolute Gasteiger partial charge is 0.494 e. The van der Waals surface area contributed by atoms with Gasteiger partial charge in [-0.1, -0.05) is 64.4 Å².